The first-order valence-corrected chi connectivity index (χ1v) is 5.85. The van der Waals surface area contributed by atoms with Crippen LogP contribution in [0.2, 0.25) is 0 Å². The van der Waals surface area contributed by atoms with E-state index in [2.05, 4.69) is 0 Å². The Morgan fingerprint density at radius 3 is 2.32 bits per heavy atom. The fourth-order valence-electron chi connectivity index (χ4n) is 2.47. The van der Waals surface area contributed by atoms with Crippen molar-refractivity contribution in [2.75, 3.05) is 0 Å². The number of nitrogens with zero attached hydrogens (tertiary/aromatic N) is 1. The molecule has 2 atom stereocenters. The quantitative estimate of drug-likeness (QED) is 0.443. The van der Waals surface area contributed by atoms with Gasteiger partial charge in [-0.05, 0) is 12.5 Å². The van der Waals surface area contributed by atoms with Gasteiger partial charge in [0, 0.05) is 16.9 Å². The normalized spacial score (nSPS) is 26.3. The summed E-state index contributed by atoms with van der Waals surface area (Å²) in [5.74, 6) is -4.09. The fraction of sp³-hybridized carbons (Fsp3) is 0.500. The van der Waals surface area contributed by atoms with Crippen molar-refractivity contribution in [3.8, 4) is 0 Å². The number of aliphatic carboxylic acids is 2. The second-order valence-corrected chi connectivity index (χ2v) is 4.26. The minimum atomic E-state index is -1.62. The molecule has 0 amide bonds. The molecule has 0 aliphatic heterocycles. The number of rotatable bonds is 5. The minimum absolute atomic E-state index is 0.0578. The highest BCUT2D eigenvalue weighted by molar-refractivity contribution is 5.96. The van der Waals surface area contributed by atoms with Gasteiger partial charge in [0.05, 0.1) is 5.57 Å². The number of carboxylic acids is 2. The lowest BCUT2D eigenvalue weighted by atomic mass is 9.74. The molecule has 2 unspecified atom stereocenters. The van der Waals surface area contributed by atoms with Crippen LogP contribution in [0.3, 0.4) is 0 Å². The van der Waals surface area contributed by atoms with Crippen molar-refractivity contribution < 1.29 is 24.7 Å². The van der Waals surface area contributed by atoms with Gasteiger partial charge in [-0.3, -0.25) is 14.9 Å². The van der Waals surface area contributed by atoms with Crippen LogP contribution < -0.4 is 0 Å². The van der Waals surface area contributed by atoms with Crippen LogP contribution in [0.5, 0.6) is 0 Å². The maximum absolute atomic E-state index is 11.3. The predicted molar refractivity (Wildman–Crippen MR) is 65.2 cm³/mol. The van der Waals surface area contributed by atoms with Crippen molar-refractivity contribution in [1.82, 2.24) is 0 Å². The standard InChI is InChI=1S/C12H15NO6/c1-3-8-9(11(16)17)7(10(14)15)5-6-12(8,4-2)13(18)19/h5-7H,3-4H2,1-2H3,(H,14,15)(H,16,17). The molecule has 19 heavy (non-hydrogen) atoms. The highest BCUT2D eigenvalue weighted by Gasteiger charge is 2.49. The van der Waals surface area contributed by atoms with E-state index in [1.54, 1.807) is 13.8 Å². The fourth-order valence-corrected chi connectivity index (χ4v) is 2.47. The van der Waals surface area contributed by atoms with Crippen LogP contribution in [0.1, 0.15) is 26.7 Å². The Balaban J connectivity index is 3.59. The van der Waals surface area contributed by atoms with Gasteiger partial charge in [-0.15, -0.1) is 0 Å². The van der Waals surface area contributed by atoms with Gasteiger partial charge in [0.2, 0.25) is 0 Å². The van der Waals surface area contributed by atoms with E-state index < -0.39 is 33.9 Å². The molecule has 7 heteroatoms. The van der Waals surface area contributed by atoms with E-state index in [4.69, 9.17) is 5.11 Å². The van der Waals surface area contributed by atoms with Crippen molar-refractivity contribution in [3.63, 3.8) is 0 Å². The molecule has 1 aliphatic carbocycles. The molecule has 0 saturated heterocycles. The first-order chi connectivity index (χ1) is 8.81. The molecule has 0 fully saturated rings. The Hall–Kier alpha value is -2.18. The first-order valence-electron chi connectivity index (χ1n) is 5.85. The summed E-state index contributed by atoms with van der Waals surface area (Å²) in [4.78, 5) is 33.1. The van der Waals surface area contributed by atoms with E-state index in [1.807, 2.05) is 0 Å². The molecule has 1 aliphatic rings. The average molecular weight is 269 g/mol. The highest BCUT2D eigenvalue weighted by atomic mass is 16.6. The molecule has 1 rings (SSSR count). The van der Waals surface area contributed by atoms with Crippen molar-refractivity contribution in [2.24, 2.45) is 5.92 Å². The Bertz CT molecular complexity index is 492. The van der Waals surface area contributed by atoms with Crippen LogP contribution in [0.25, 0.3) is 0 Å². The topological polar surface area (TPSA) is 118 Å². The van der Waals surface area contributed by atoms with Gasteiger partial charge in [0.25, 0.3) is 5.54 Å². The van der Waals surface area contributed by atoms with Gasteiger partial charge in [-0.1, -0.05) is 19.9 Å². The summed E-state index contributed by atoms with van der Waals surface area (Å²) in [5, 5.41) is 29.5. The molecule has 0 bridgehead atoms. The maximum Gasteiger partial charge on any atom is 0.333 e. The van der Waals surface area contributed by atoms with Crippen molar-refractivity contribution in [1.29, 1.82) is 0 Å². The third-order valence-corrected chi connectivity index (χ3v) is 3.44. The zero-order valence-electron chi connectivity index (χ0n) is 10.6. The van der Waals surface area contributed by atoms with Gasteiger partial charge in [-0.25, -0.2) is 4.79 Å². The summed E-state index contributed by atoms with van der Waals surface area (Å²) < 4.78 is 0. The predicted octanol–water partition coefficient (Wildman–Crippen LogP) is 1.47. The average Bonchev–Trinajstić information content (AvgIpc) is 2.35. The summed E-state index contributed by atoms with van der Waals surface area (Å²) in [6.45, 7) is 3.16. The molecule has 0 aromatic heterocycles. The molecule has 0 radical (unpaired) electrons. The molecular formula is C12H15NO6. The van der Waals surface area contributed by atoms with E-state index in [0.717, 1.165) is 6.08 Å². The van der Waals surface area contributed by atoms with E-state index in [-0.39, 0.29) is 18.4 Å². The van der Waals surface area contributed by atoms with Gasteiger partial charge >= 0.3 is 11.9 Å². The lowest BCUT2D eigenvalue weighted by Crippen LogP contribution is -2.43. The summed E-state index contributed by atoms with van der Waals surface area (Å²) in [6.07, 6.45) is 2.49. The van der Waals surface area contributed by atoms with Crippen LogP contribution in [0, 0.1) is 16.0 Å². The Kier molecular flexibility index (Phi) is 4.08. The molecule has 0 heterocycles. The molecule has 0 aromatic rings. The van der Waals surface area contributed by atoms with Crippen LogP contribution in [-0.2, 0) is 9.59 Å². The van der Waals surface area contributed by atoms with Crippen LogP contribution in [0.4, 0.5) is 0 Å². The number of hydrogen-bond acceptors (Lipinski definition) is 4. The number of carboxylic acid groups (broad SMARTS) is 2. The molecular weight excluding hydrogens is 254 g/mol. The van der Waals surface area contributed by atoms with Gasteiger partial charge < -0.3 is 10.2 Å². The third kappa shape index (κ3) is 2.23. The van der Waals surface area contributed by atoms with Crippen molar-refractivity contribution in [2.45, 2.75) is 32.2 Å². The minimum Gasteiger partial charge on any atom is -0.481 e. The monoisotopic (exact) mass is 269 g/mol. The van der Waals surface area contributed by atoms with Gasteiger partial charge in [0.15, 0.2) is 0 Å². The largest absolute Gasteiger partial charge is 0.481 e. The zero-order chi connectivity index (χ0) is 14.8. The summed E-state index contributed by atoms with van der Waals surface area (Å²) in [5.41, 5.74) is -1.95. The smallest absolute Gasteiger partial charge is 0.333 e. The molecule has 104 valence electrons. The zero-order valence-corrected chi connectivity index (χ0v) is 10.6. The second-order valence-electron chi connectivity index (χ2n) is 4.26. The van der Waals surface area contributed by atoms with E-state index in [0.29, 0.717) is 0 Å². The highest BCUT2D eigenvalue weighted by Crippen LogP contribution is 2.38. The lowest BCUT2D eigenvalue weighted by molar-refractivity contribution is -0.544. The van der Waals surface area contributed by atoms with E-state index >= 15 is 0 Å². The van der Waals surface area contributed by atoms with Gasteiger partial charge in [-0.2, -0.15) is 0 Å². The van der Waals surface area contributed by atoms with Crippen molar-refractivity contribution >= 4 is 11.9 Å². The second kappa shape index (κ2) is 5.21. The maximum atomic E-state index is 11.3. The molecule has 0 saturated carbocycles. The Morgan fingerprint density at radius 1 is 1.42 bits per heavy atom. The SMILES string of the molecule is CCC1=C(C(=O)O)C(C(=O)O)C=CC1(CC)[N+](=O)[O-]. The summed E-state index contributed by atoms with van der Waals surface area (Å²) in [7, 11) is 0. The summed E-state index contributed by atoms with van der Waals surface area (Å²) in [6, 6.07) is 0. The third-order valence-electron chi connectivity index (χ3n) is 3.44. The molecule has 0 spiro atoms. The van der Waals surface area contributed by atoms with Crippen LogP contribution >= 0.6 is 0 Å². The van der Waals surface area contributed by atoms with E-state index in [1.165, 1.54) is 6.08 Å². The molecule has 7 nitrogen and oxygen atoms in total. The van der Waals surface area contributed by atoms with Crippen LogP contribution in [-0.4, -0.2) is 32.6 Å². The number of carbonyl (C=O) groups is 2. The number of hydrogen-bond donors (Lipinski definition) is 2. The van der Waals surface area contributed by atoms with E-state index in [9.17, 15) is 24.8 Å². The number of nitro groups is 1. The van der Waals surface area contributed by atoms with Crippen LogP contribution in [0.15, 0.2) is 23.3 Å². The van der Waals surface area contributed by atoms with Crippen molar-refractivity contribution in [3.05, 3.63) is 33.4 Å². The Morgan fingerprint density at radius 2 is 2.00 bits per heavy atom. The van der Waals surface area contributed by atoms with Gasteiger partial charge in [0.1, 0.15) is 5.92 Å². The lowest BCUT2D eigenvalue weighted by Gasteiger charge is -2.30. The molecule has 2 N–H and O–H groups in total. The molecule has 0 aromatic carbocycles. The summed E-state index contributed by atoms with van der Waals surface area (Å²) >= 11 is 0. The Labute approximate surface area is 109 Å². The first kappa shape index (κ1) is 14.9.